The van der Waals surface area contributed by atoms with Gasteiger partial charge in [-0.05, 0) is 12.1 Å². The quantitative estimate of drug-likeness (QED) is 0.242. The summed E-state index contributed by atoms with van der Waals surface area (Å²) in [7, 11) is 0. The Morgan fingerprint density at radius 3 is 2.27 bits per heavy atom. The van der Waals surface area contributed by atoms with E-state index in [-0.39, 0.29) is 0 Å². The summed E-state index contributed by atoms with van der Waals surface area (Å²) in [5.41, 5.74) is -3.16. The topological polar surface area (TPSA) is 168 Å². The minimum absolute atomic E-state index is 0.452. The molecular formula is C13H16O9. The molecule has 0 aromatic heterocycles. The van der Waals surface area contributed by atoms with Crippen LogP contribution in [-0.2, 0) is 4.74 Å². The van der Waals surface area contributed by atoms with Gasteiger partial charge in [-0.1, -0.05) is 0 Å². The highest BCUT2D eigenvalue weighted by molar-refractivity contribution is 6.04. The third-order valence-corrected chi connectivity index (χ3v) is 3.65. The minimum atomic E-state index is -2.71. The predicted octanol–water partition coefficient (Wildman–Crippen LogP) is -2.17. The van der Waals surface area contributed by atoms with Gasteiger partial charge in [-0.25, -0.2) is 0 Å². The molecule has 0 unspecified atom stereocenters. The molecule has 1 fully saturated rings. The lowest BCUT2D eigenvalue weighted by Crippen LogP contribution is -2.67. The van der Waals surface area contributed by atoms with Crippen LogP contribution < -0.4 is 0 Å². The monoisotopic (exact) mass is 316 g/mol. The van der Waals surface area contributed by atoms with Crippen LogP contribution in [-0.4, -0.2) is 78.7 Å². The van der Waals surface area contributed by atoms with Crippen LogP contribution in [0.1, 0.15) is 10.4 Å². The van der Waals surface area contributed by atoms with Gasteiger partial charge in [0, 0.05) is 5.56 Å². The number of phenolic OH excluding ortho intramolecular Hbond substituents is 3. The number of rotatable bonds is 3. The molecule has 1 aliphatic heterocycles. The van der Waals surface area contributed by atoms with Crippen LogP contribution >= 0.6 is 0 Å². The van der Waals surface area contributed by atoms with Crippen molar-refractivity contribution in [3.8, 4) is 17.2 Å². The van der Waals surface area contributed by atoms with E-state index in [0.717, 1.165) is 12.1 Å². The van der Waals surface area contributed by atoms with Crippen molar-refractivity contribution in [2.45, 2.75) is 23.9 Å². The van der Waals surface area contributed by atoms with E-state index in [1.807, 2.05) is 0 Å². The lowest BCUT2D eigenvalue weighted by atomic mass is 9.79. The summed E-state index contributed by atoms with van der Waals surface area (Å²) >= 11 is 0. The van der Waals surface area contributed by atoms with Gasteiger partial charge in [0.25, 0.3) is 0 Å². The van der Waals surface area contributed by atoms with E-state index in [4.69, 9.17) is 9.84 Å². The average molecular weight is 316 g/mol. The first-order valence-electron chi connectivity index (χ1n) is 6.34. The van der Waals surface area contributed by atoms with Crippen molar-refractivity contribution in [3.05, 3.63) is 17.7 Å². The van der Waals surface area contributed by atoms with Gasteiger partial charge in [0.15, 0.2) is 28.6 Å². The fourth-order valence-corrected chi connectivity index (χ4v) is 2.32. The fraction of sp³-hybridized carbons (Fsp3) is 0.462. The second-order valence-corrected chi connectivity index (χ2v) is 5.03. The molecule has 1 aromatic carbocycles. The van der Waals surface area contributed by atoms with Gasteiger partial charge in [0.1, 0.15) is 18.3 Å². The Labute approximate surface area is 124 Å². The molecule has 7 N–H and O–H groups in total. The van der Waals surface area contributed by atoms with Crippen molar-refractivity contribution in [2.75, 3.05) is 13.2 Å². The van der Waals surface area contributed by atoms with Crippen molar-refractivity contribution in [2.24, 2.45) is 0 Å². The molecule has 0 amide bonds. The number of aromatic hydroxyl groups is 3. The summed E-state index contributed by atoms with van der Waals surface area (Å²) < 4.78 is 4.90. The molecule has 0 aliphatic carbocycles. The van der Waals surface area contributed by atoms with E-state index in [2.05, 4.69) is 0 Å². The van der Waals surface area contributed by atoms with Crippen molar-refractivity contribution >= 4 is 5.78 Å². The number of benzene rings is 1. The highest BCUT2D eigenvalue weighted by Gasteiger charge is 2.56. The highest BCUT2D eigenvalue weighted by Crippen LogP contribution is 2.38. The molecule has 0 saturated carbocycles. The third kappa shape index (κ3) is 2.38. The predicted molar refractivity (Wildman–Crippen MR) is 69.6 cm³/mol. The zero-order valence-corrected chi connectivity index (χ0v) is 11.2. The molecule has 122 valence electrons. The Morgan fingerprint density at radius 2 is 1.77 bits per heavy atom. The maximum atomic E-state index is 12.4. The van der Waals surface area contributed by atoms with E-state index in [1.165, 1.54) is 0 Å². The summed E-state index contributed by atoms with van der Waals surface area (Å²) in [6.45, 7) is -1.21. The zero-order valence-electron chi connectivity index (χ0n) is 11.2. The number of Topliss-reactive ketones (excluding diaryl/α,β-unsaturated/α-hetero) is 1. The number of hydrogen-bond donors (Lipinski definition) is 7. The summed E-state index contributed by atoms with van der Waals surface area (Å²) in [6, 6.07) is 1.52. The summed E-state index contributed by atoms with van der Waals surface area (Å²) in [5.74, 6) is -3.70. The van der Waals surface area contributed by atoms with Crippen LogP contribution in [0.25, 0.3) is 0 Å². The average Bonchev–Trinajstić information content (AvgIpc) is 2.49. The van der Waals surface area contributed by atoms with Crippen molar-refractivity contribution in [3.63, 3.8) is 0 Å². The first-order valence-corrected chi connectivity index (χ1v) is 6.34. The number of ether oxygens (including phenoxy) is 1. The van der Waals surface area contributed by atoms with Gasteiger partial charge < -0.3 is 40.5 Å². The Morgan fingerprint density at radius 1 is 1.23 bits per heavy atom. The second-order valence-electron chi connectivity index (χ2n) is 5.03. The van der Waals surface area contributed by atoms with Gasteiger partial charge in [0.05, 0.1) is 13.2 Å². The van der Waals surface area contributed by atoms with Gasteiger partial charge in [-0.15, -0.1) is 0 Å². The first-order chi connectivity index (χ1) is 10.2. The largest absolute Gasteiger partial charge is 0.504 e. The maximum Gasteiger partial charge on any atom is 0.200 e. The van der Waals surface area contributed by atoms with Crippen LogP contribution in [0.4, 0.5) is 0 Å². The summed E-state index contributed by atoms with van der Waals surface area (Å²) in [4.78, 5) is 12.4. The molecule has 9 heteroatoms. The normalized spacial score (nSPS) is 31.9. The molecule has 1 saturated heterocycles. The second kappa shape index (κ2) is 5.71. The van der Waals surface area contributed by atoms with Gasteiger partial charge in [-0.2, -0.15) is 0 Å². The molecule has 22 heavy (non-hydrogen) atoms. The first kappa shape index (κ1) is 16.5. The number of phenols is 3. The fourth-order valence-electron chi connectivity index (χ4n) is 2.32. The number of carbonyl (C=O) groups is 1. The molecule has 4 atom stereocenters. The molecule has 0 radical (unpaired) electrons. The Bertz CT molecular complexity index is 564. The van der Waals surface area contributed by atoms with Crippen LogP contribution in [0.2, 0.25) is 0 Å². The third-order valence-electron chi connectivity index (χ3n) is 3.65. The van der Waals surface area contributed by atoms with E-state index < -0.39 is 65.7 Å². The van der Waals surface area contributed by atoms with Gasteiger partial charge in [-0.3, -0.25) is 4.79 Å². The molecule has 0 spiro atoms. The van der Waals surface area contributed by atoms with Crippen molar-refractivity contribution in [1.82, 2.24) is 0 Å². The maximum absolute atomic E-state index is 12.4. The molecular weight excluding hydrogens is 300 g/mol. The molecule has 0 bridgehead atoms. The number of carbonyl (C=O) groups excluding carboxylic acids is 1. The van der Waals surface area contributed by atoms with Crippen LogP contribution in [0, 0.1) is 0 Å². The van der Waals surface area contributed by atoms with Crippen LogP contribution in [0.3, 0.4) is 0 Å². The smallest absolute Gasteiger partial charge is 0.200 e. The van der Waals surface area contributed by atoms with E-state index in [0.29, 0.717) is 0 Å². The summed E-state index contributed by atoms with van der Waals surface area (Å²) in [5, 5.41) is 67.4. The number of aliphatic hydroxyl groups excluding tert-OH is 3. The lowest BCUT2D eigenvalue weighted by Gasteiger charge is -2.43. The molecule has 1 heterocycles. The number of aliphatic hydroxyl groups is 4. The molecule has 2 rings (SSSR count). The van der Waals surface area contributed by atoms with E-state index in [1.54, 1.807) is 0 Å². The van der Waals surface area contributed by atoms with Crippen molar-refractivity contribution < 1.29 is 45.3 Å². The summed E-state index contributed by atoms with van der Waals surface area (Å²) in [6.07, 6.45) is -5.03. The Hall–Kier alpha value is -1.91. The van der Waals surface area contributed by atoms with Crippen LogP contribution in [0.5, 0.6) is 17.2 Å². The number of hydrogen-bond acceptors (Lipinski definition) is 9. The Kier molecular flexibility index (Phi) is 4.27. The standard InChI is InChI=1S/C13H16O9/c14-3-8-12(20)13(21,9(17)4-22-8)11(19)5-1-6(15)10(18)7(16)2-5/h1-2,8-9,12,14-18,20-21H,3-4H2/t8-,9+,12-,13+/m1/s1. The van der Waals surface area contributed by atoms with Crippen LogP contribution in [0.15, 0.2) is 12.1 Å². The van der Waals surface area contributed by atoms with Crippen molar-refractivity contribution in [1.29, 1.82) is 0 Å². The highest BCUT2D eigenvalue weighted by atomic mass is 16.5. The zero-order chi connectivity index (χ0) is 16.7. The SMILES string of the molecule is O=C(c1cc(O)c(O)c(O)c1)[C@]1(O)[C@H](O)[C@@H](CO)OC[C@@H]1O. The van der Waals surface area contributed by atoms with Gasteiger partial charge in [0.2, 0.25) is 0 Å². The number of ketones is 1. The molecule has 1 aromatic rings. The minimum Gasteiger partial charge on any atom is -0.504 e. The Balaban J connectivity index is 2.45. The van der Waals surface area contributed by atoms with Gasteiger partial charge >= 0.3 is 0 Å². The lowest BCUT2D eigenvalue weighted by molar-refractivity contribution is -0.225. The molecule has 1 aliphatic rings. The molecule has 9 nitrogen and oxygen atoms in total. The van der Waals surface area contributed by atoms with E-state index >= 15 is 0 Å². The van der Waals surface area contributed by atoms with E-state index in [9.17, 15) is 35.4 Å².